The molecule has 1 heterocycles. The molecule has 17 heavy (non-hydrogen) atoms. The third kappa shape index (κ3) is 2.38. The molecule has 1 aromatic rings. The van der Waals surface area contributed by atoms with Crippen LogP contribution in [0.3, 0.4) is 0 Å². The van der Waals surface area contributed by atoms with E-state index in [4.69, 9.17) is 5.73 Å². The Morgan fingerprint density at radius 2 is 1.82 bits per heavy atom. The Balaban J connectivity index is 1.56. The quantitative estimate of drug-likeness (QED) is 0.862. The van der Waals surface area contributed by atoms with Crippen LogP contribution in [0.4, 0.5) is 0 Å². The fourth-order valence-corrected chi connectivity index (χ4v) is 3.16. The molecule has 92 valence electrons. The average molecular weight is 230 g/mol. The molecule has 2 N–H and O–H groups in total. The minimum atomic E-state index is 0.778. The van der Waals surface area contributed by atoms with E-state index in [1.165, 1.54) is 37.9 Å². The van der Waals surface area contributed by atoms with Crippen molar-refractivity contribution in [2.24, 2.45) is 11.7 Å². The summed E-state index contributed by atoms with van der Waals surface area (Å²) in [7, 11) is 0. The van der Waals surface area contributed by atoms with Crippen molar-refractivity contribution in [3.05, 3.63) is 35.9 Å². The molecule has 2 heteroatoms. The van der Waals surface area contributed by atoms with Crippen molar-refractivity contribution in [2.45, 2.75) is 31.2 Å². The second-order valence-corrected chi connectivity index (χ2v) is 5.54. The highest BCUT2D eigenvalue weighted by molar-refractivity contribution is 5.27. The monoisotopic (exact) mass is 230 g/mol. The maximum atomic E-state index is 5.74. The van der Waals surface area contributed by atoms with Gasteiger partial charge in [-0.2, -0.15) is 0 Å². The molecule has 1 saturated carbocycles. The molecule has 2 nitrogen and oxygen atoms in total. The predicted molar refractivity (Wildman–Crippen MR) is 70.9 cm³/mol. The van der Waals surface area contributed by atoms with Crippen LogP contribution in [-0.4, -0.2) is 30.6 Å². The number of nitrogens with two attached hydrogens (primary N) is 1. The summed E-state index contributed by atoms with van der Waals surface area (Å²) in [6.07, 6.45) is 3.96. The Kier molecular flexibility index (Phi) is 3.17. The normalized spacial score (nSPS) is 30.4. The van der Waals surface area contributed by atoms with Gasteiger partial charge in [0.25, 0.3) is 0 Å². The minimum absolute atomic E-state index is 0.778. The topological polar surface area (TPSA) is 29.3 Å². The Morgan fingerprint density at radius 3 is 2.47 bits per heavy atom. The Labute approximate surface area is 104 Å². The van der Waals surface area contributed by atoms with Crippen molar-refractivity contribution in [3.8, 4) is 0 Å². The van der Waals surface area contributed by atoms with Gasteiger partial charge >= 0.3 is 0 Å². The Morgan fingerprint density at radius 1 is 1.12 bits per heavy atom. The van der Waals surface area contributed by atoms with Crippen LogP contribution in [0.25, 0.3) is 0 Å². The van der Waals surface area contributed by atoms with Crippen molar-refractivity contribution in [2.75, 3.05) is 19.6 Å². The molecule has 3 rings (SSSR count). The third-order valence-electron chi connectivity index (χ3n) is 4.44. The summed E-state index contributed by atoms with van der Waals surface area (Å²) < 4.78 is 0. The van der Waals surface area contributed by atoms with Crippen LogP contribution in [0.15, 0.2) is 30.3 Å². The average Bonchev–Trinajstić information content (AvgIpc) is 3.20. The molecular weight excluding hydrogens is 208 g/mol. The van der Waals surface area contributed by atoms with Gasteiger partial charge in [-0.25, -0.2) is 0 Å². The van der Waals surface area contributed by atoms with Gasteiger partial charge in [0.05, 0.1) is 0 Å². The largest absolute Gasteiger partial charge is 0.330 e. The molecule has 1 aliphatic heterocycles. The first-order valence-corrected chi connectivity index (χ1v) is 6.87. The summed E-state index contributed by atoms with van der Waals surface area (Å²) in [6, 6.07) is 11.8. The van der Waals surface area contributed by atoms with Crippen LogP contribution in [0, 0.1) is 5.92 Å². The molecule has 2 atom stereocenters. The highest BCUT2D eigenvalue weighted by Gasteiger charge is 2.43. The molecule has 2 fully saturated rings. The number of hydrogen-bond donors (Lipinski definition) is 1. The van der Waals surface area contributed by atoms with E-state index in [0.717, 1.165) is 24.4 Å². The van der Waals surface area contributed by atoms with Gasteiger partial charge in [-0.1, -0.05) is 30.3 Å². The lowest BCUT2D eigenvalue weighted by molar-refractivity contribution is 0.177. The summed E-state index contributed by atoms with van der Waals surface area (Å²) in [6.45, 7) is 3.40. The number of piperidine rings is 1. The number of benzene rings is 1. The molecule has 0 aromatic heterocycles. The van der Waals surface area contributed by atoms with E-state index in [-0.39, 0.29) is 0 Å². The summed E-state index contributed by atoms with van der Waals surface area (Å²) in [5, 5.41) is 0. The summed E-state index contributed by atoms with van der Waals surface area (Å²) in [5.74, 6) is 1.57. The number of hydrogen-bond acceptors (Lipinski definition) is 2. The van der Waals surface area contributed by atoms with E-state index in [0.29, 0.717) is 0 Å². The van der Waals surface area contributed by atoms with E-state index >= 15 is 0 Å². The van der Waals surface area contributed by atoms with Crippen LogP contribution in [0.1, 0.15) is 30.7 Å². The first kappa shape index (κ1) is 11.2. The molecule has 2 unspecified atom stereocenters. The zero-order chi connectivity index (χ0) is 11.7. The van der Waals surface area contributed by atoms with Crippen LogP contribution in [0.5, 0.6) is 0 Å². The van der Waals surface area contributed by atoms with Crippen LogP contribution < -0.4 is 5.73 Å². The van der Waals surface area contributed by atoms with Crippen molar-refractivity contribution in [1.82, 2.24) is 4.90 Å². The third-order valence-corrected chi connectivity index (χ3v) is 4.44. The zero-order valence-corrected chi connectivity index (χ0v) is 10.4. The SMILES string of the molecule is NCC1CCN(C2CC2c2ccccc2)CC1. The molecular formula is C15H22N2. The lowest BCUT2D eigenvalue weighted by Gasteiger charge is -2.31. The first-order valence-electron chi connectivity index (χ1n) is 6.87. The van der Waals surface area contributed by atoms with Crippen LogP contribution in [-0.2, 0) is 0 Å². The van der Waals surface area contributed by atoms with E-state index in [9.17, 15) is 0 Å². The summed E-state index contributed by atoms with van der Waals surface area (Å²) in [4.78, 5) is 2.68. The fraction of sp³-hybridized carbons (Fsp3) is 0.600. The van der Waals surface area contributed by atoms with E-state index in [1.807, 2.05) is 0 Å². The Hall–Kier alpha value is -0.860. The molecule has 0 bridgehead atoms. The maximum Gasteiger partial charge on any atom is 0.0171 e. The summed E-state index contributed by atoms with van der Waals surface area (Å²) >= 11 is 0. The molecule has 0 amide bonds. The molecule has 1 aliphatic carbocycles. The van der Waals surface area contributed by atoms with Gasteiger partial charge in [0, 0.05) is 12.0 Å². The van der Waals surface area contributed by atoms with E-state index in [1.54, 1.807) is 0 Å². The molecule has 0 spiro atoms. The van der Waals surface area contributed by atoms with Gasteiger partial charge in [0.1, 0.15) is 0 Å². The lowest BCUT2D eigenvalue weighted by Crippen LogP contribution is -2.37. The van der Waals surface area contributed by atoms with Gasteiger partial charge < -0.3 is 5.73 Å². The molecule has 0 radical (unpaired) electrons. The van der Waals surface area contributed by atoms with Gasteiger partial charge in [-0.3, -0.25) is 4.90 Å². The van der Waals surface area contributed by atoms with Crippen LogP contribution >= 0.6 is 0 Å². The number of likely N-dealkylation sites (tertiary alicyclic amines) is 1. The second kappa shape index (κ2) is 4.79. The first-order chi connectivity index (χ1) is 8.38. The van der Waals surface area contributed by atoms with Crippen LogP contribution in [0.2, 0.25) is 0 Å². The van der Waals surface area contributed by atoms with E-state index < -0.39 is 0 Å². The smallest absolute Gasteiger partial charge is 0.0171 e. The van der Waals surface area contributed by atoms with Crippen molar-refractivity contribution >= 4 is 0 Å². The number of nitrogens with zero attached hydrogens (tertiary/aromatic N) is 1. The maximum absolute atomic E-state index is 5.74. The predicted octanol–water partition coefficient (Wildman–Crippen LogP) is 2.21. The minimum Gasteiger partial charge on any atom is -0.330 e. The second-order valence-electron chi connectivity index (χ2n) is 5.54. The van der Waals surface area contributed by atoms with Gasteiger partial charge in [0.2, 0.25) is 0 Å². The highest BCUT2D eigenvalue weighted by Crippen LogP contribution is 2.45. The zero-order valence-electron chi connectivity index (χ0n) is 10.4. The molecule has 1 saturated heterocycles. The van der Waals surface area contributed by atoms with E-state index in [2.05, 4.69) is 35.2 Å². The summed E-state index contributed by atoms with van der Waals surface area (Å²) in [5.41, 5.74) is 7.27. The fourth-order valence-electron chi connectivity index (χ4n) is 3.16. The van der Waals surface area contributed by atoms with Crippen molar-refractivity contribution in [3.63, 3.8) is 0 Å². The standard InChI is InChI=1S/C15H22N2/c16-11-12-6-8-17(9-7-12)15-10-14(15)13-4-2-1-3-5-13/h1-5,12,14-15H,6-11,16H2. The van der Waals surface area contributed by atoms with Gasteiger partial charge in [-0.15, -0.1) is 0 Å². The van der Waals surface area contributed by atoms with Gasteiger partial charge in [-0.05, 0) is 50.4 Å². The molecule has 2 aliphatic rings. The number of rotatable bonds is 3. The van der Waals surface area contributed by atoms with Crippen molar-refractivity contribution in [1.29, 1.82) is 0 Å². The highest BCUT2D eigenvalue weighted by atomic mass is 15.2. The Bertz CT molecular complexity index is 354. The van der Waals surface area contributed by atoms with Crippen molar-refractivity contribution < 1.29 is 0 Å². The van der Waals surface area contributed by atoms with Gasteiger partial charge in [0.15, 0.2) is 0 Å². The lowest BCUT2D eigenvalue weighted by atomic mass is 9.97. The molecule has 1 aromatic carbocycles.